The van der Waals surface area contributed by atoms with Crippen LogP contribution in [-0.2, 0) is 15.6 Å². The summed E-state index contributed by atoms with van der Waals surface area (Å²) in [5.74, 6) is -0.352. The molecule has 0 aliphatic carbocycles. The summed E-state index contributed by atoms with van der Waals surface area (Å²) in [6, 6.07) is 3.24. The maximum absolute atomic E-state index is 12.3. The molecule has 4 rings (SSSR count). The fraction of sp³-hybridized carbons (Fsp3) is 0.375. The van der Waals surface area contributed by atoms with E-state index in [9.17, 15) is 13.7 Å². The van der Waals surface area contributed by atoms with Crippen molar-refractivity contribution in [3.05, 3.63) is 31.0 Å². The second kappa shape index (κ2) is 5.89. The maximum atomic E-state index is 12.3. The van der Waals surface area contributed by atoms with E-state index in [1.165, 1.54) is 31.7 Å². The van der Waals surface area contributed by atoms with Gasteiger partial charge in [0.15, 0.2) is 0 Å². The minimum absolute atomic E-state index is 0.352. The zero-order valence-corrected chi connectivity index (χ0v) is 14.5. The molecule has 0 aromatic carbocycles. The summed E-state index contributed by atoms with van der Waals surface area (Å²) in [4.78, 5) is 11.3. The molecule has 1 N–H and O–H groups in total. The van der Waals surface area contributed by atoms with E-state index in [1.54, 1.807) is 12.3 Å². The van der Waals surface area contributed by atoms with E-state index in [2.05, 4.69) is 20.1 Å². The van der Waals surface area contributed by atoms with Crippen LogP contribution in [0.4, 0.5) is 0 Å². The van der Waals surface area contributed by atoms with Gasteiger partial charge in [0.1, 0.15) is 17.5 Å². The molecule has 1 aliphatic rings. The molecule has 0 saturated carbocycles. The number of nitriles is 1. The van der Waals surface area contributed by atoms with Gasteiger partial charge in [0, 0.05) is 41.9 Å². The van der Waals surface area contributed by atoms with E-state index >= 15 is 0 Å². The van der Waals surface area contributed by atoms with Crippen molar-refractivity contribution < 1.29 is 13.9 Å². The lowest BCUT2D eigenvalue weighted by Crippen LogP contribution is -2.64. The number of aromatic amines is 1. The molecule has 3 aromatic rings. The van der Waals surface area contributed by atoms with Gasteiger partial charge >= 0.3 is 0 Å². The summed E-state index contributed by atoms with van der Waals surface area (Å²) in [6.45, 7) is -1.92. The first kappa shape index (κ1) is 12.6. The molecule has 0 spiro atoms. The van der Waals surface area contributed by atoms with Crippen LogP contribution >= 0.6 is 0 Å². The lowest BCUT2D eigenvalue weighted by Gasteiger charge is -2.47. The largest absolute Gasteiger partial charge is 0.346 e. The van der Waals surface area contributed by atoms with E-state index in [1.807, 2.05) is 0 Å². The van der Waals surface area contributed by atoms with Gasteiger partial charge in [0.25, 0.3) is 0 Å². The van der Waals surface area contributed by atoms with E-state index in [4.69, 9.17) is 5.48 Å². The number of rotatable bonds is 5. The van der Waals surface area contributed by atoms with Gasteiger partial charge in [0.05, 0.1) is 30.1 Å². The molecular formula is C16H17N7O2S. The van der Waals surface area contributed by atoms with Crippen LogP contribution in [-0.4, -0.2) is 56.2 Å². The number of H-pyrrole nitrogens is 1. The number of fused-ring (bicyclic) bond motifs is 1. The van der Waals surface area contributed by atoms with Gasteiger partial charge < -0.3 is 4.98 Å². The zero-order chi connectivity index (χ0) is 21.9. The predicted molar refractivity (Wildman–Crippen MR) is 94.3 cm³/mol. The summed E-state index contributed by atoms with van der Waals surface area (Å²) >= 11 is 0. The summed E-state index contributed by atoms with van der Waals surface area (Å²) in [7, 11) is -3.97. The van der Waals surface area contributed by atoms with Crippen molar-refractivity contribution in [2.24, 2.45) is 0 Å². The van der Waals surface area contributed by atoms with Crippen LogP contribution < -0.4 is 0 Å². The highest BCUT2D eigenvalue weighted by Crippen LogP contribution is 2.35. The zero-order valence-electron chi connectivity index (χ0n) is 17.7. The van der Waals surface area contributed by atoms with Crippen molar-refractivity contribution in [3.63, 3.8) is 0 Å². The van der Waals surface area contributed by atoms with E-state index in [-0.39, 0.29) is 5.75 Å². The Morgan fingerprint density at radius 2 is 2.38 bits per heavy atom. The molecule has 9 nitrogen and oxygen atoms in total. The number of sulfonamides is 1. The molecule has 0 radical (unpaired) electrons. The molecule has 134 valence electrons. The van der Waals surface area contributed by atoms with E-state index in [0.29, 0.717) is 26.6 Å². The molecule has 0 amide bonds. The molecule has 1 aliphatic heterocycles. The van der Waals surface area contributed by atoms with Crippen LogP contribution in [0.2, 0.25) is 0 Å². The highest BCUT2D eigenvalue weighted by molar-refractivity contribution is 7.89. The molecule has 1 saturated heterocycles. The fourth-order valence-corrected chi connectivity index (χ4v) is 3.80. The summed E-state index contributed by atoms with van der Waals surface area (Å²) in [5, 5.41) is 14.3. The Balaban J connectivity index is 1.86. The Bertz CT molecular complexity index is 1280. The smallest absolute Gasteiger partial charge is 0.213 e. The van der Waals surface area contributed by atoms with Crippen molar-refractivity contribution in [2.45, 2.75) is 18.8 Å². The Labute approximate surface area is 156 Å². The quantitative estimate of drug-likeness (QED) is 0.713. The van der Waals surface area contributed by atoms with Crippen LogP contribution in [0, 0.1) is 11.3 Å². The fourth-order valence-electron chi connectivity index (χ4n) is 2.82. The number of nitrogens with zero attached hydrogens (tertiary/aromatic N) is 6. The average molecular weight is 375 g/mol. The minimum atomic E-state index is -3.97. The first-order valence-electron chi connectivity index (χ1n) is 9.77. The third-order valence-corrected chi connectivity index (χ3v) is 5.87. The molecule has 1 atom stereocenters. The Hall–Kier alpha value is -2.77. The Kier molecular flexibility index (Phi) is 2.85. The monoisotopic (exact) mass is 375 g/mol. The molecule has 3 aromatic heterocycles. The second-order valence-corrected chi connectivity index (χ2v) is 7.93. The van der Waals surface area contributed by atoms with Crippen molar-refractivity contribution in [1.82, 2.24) is 29.0 Å². The summed E-state index contributed by atoms with van der Waals surface area (Å²) < 4.78 is 59.5. The highest BCUT2D eigenvalue weighted by Gasteiger charge is 2.49. The third kappa shape index (κ3) is 2.48. The van der Waals surface area contributed by atoms with Gasteiger partial charge in [-0.1, -0.05) is 0 Å². The van der Waals surface area contributed by atoms with Gasteiger partial charge in [-0.3, -0.25) is 4.68 Å². The number of hydrogen-bond acceptors (Lipinski definition) is 6. The van der Waals surface area contributed by atoms with Gasteiger partial charge in [0.2, 0.25) is 10.0 Å². The first-order valence-corrected chi connectivity index (χ1v) is 9.38. The van der Waals surface area contributed by atoms with Gasteiger partial charge in [-0.25, -0.2) is 18.4 Å². The van der Waals surface area contributed by atoms with E-state index < -0.39 is 35.0 Å². The summed E-state index contributed by atoms with van der Waals surface area (Å²) in [5.41, 5.74) is -0.672. The molecule has 26 heavy (non-hydrogen) atoms. The molecule has 1 fully saturated rings. The Morgan fingerprint density at radius 3 is 3.12 bits per heavy atom. The number of nitrogens with one attached hydrogen (secondary N) is 1. The SMILES string of the molecule is [2H]C([2H])(C#N)C1(n2cc(-c3ncnc4[nH]ccc34)cn2)CN(S(=O)(=O)CC)C1([2H])[2H]. The summed E-state index contributed by atoms with van der Waals surface area (Å²) in [6.07, 6.45) is 3.01. The van der Waals surface area contributed by atoms with Gasteiger partial charge in [-0.15, -0.1) is 0 Å². The molecule has 10 heteroatoms. The maximum Gasteiger partial charge on any atom is 0.213 e. The van der Waals surface area contributed by atoms with Crippen molar-refractivity contribution in [1.29, 1.82) is 5.26 Å². The predicted octanol–water partition coefficient (Wildman–Crippen LogP) is 1.10. The van der Waals surface area contributed by atoms with Crippen LogP contribution in [0.15, 0.2) is 31.0 Å². The number of aromatic nitrogens is 5. The number of hydrogen-bond donors (Lipinski definition) is 1. The highest BCUT2D eigenvalue weighted by atomic mass is 32.2. The lowest BCUT2D eigenvalue weighted by molar-refractivity contribution is 0.0719. The molecule has 0 bridgehead atoms. The second-order valence-electron chi connectivity index (χ2n) is 5.75. The molecule has 1 unspecified atom stereocenters. The van der Waals surface area contributed by atoms with Crippen molar-refractivity contribution in [2.75, 3.05) is 18.8 Å². The standard InChI is InChI=1S/C16H17N7O2S/c1-2-26(24,25)22-9-16(10-22,4-5-17)23-8-12(7-21-23)14-13-3-6-18-15(13)20-11-19-14/h3,6-8,11H,2,4,9-10H2,1H3,(H,18,19,20)/i4D2,9D2. The molecular weight excluding hydrogens is 354 g/mol. The first-order chi connectivity index (χ1) is 14.0. The lowest BCUT2D eigenvalue weighted by atomic mass is 9.89. The Morgan fingerprint density at radius 1 is 1.54 bits per heavy atom. The average Bonchev–Trinajstić information content (AvgIpc) is 3.36. The van der Waals surface area contributed by atoms with Gasteiger partial charge in [-0.2, -0.15) is 14.7 Å². The van der Waals surface area contributed by atoms with Crippen molar-refractivity contribution in [3.8, 4) is 17.3 Å². The van der Waals surface area contributed by atoms with Crippen LogP contribution in [0.1, 0.15) is 18.8 Å². The van der Waals surface area contributed by atoms with Crippen molar-refractivity contribution >= 4 is 21.1 Å². The van der Waals surface area contributed by atoms with Crippen LogP contribution in [0.3, 0.4) is 0 Å². The topological polar surface area (TPSA) is 121 Å². The normalized spacial score (nSPS) is 25.5. The van der Waals surface area contributed by atoms with Crippen LogP contribution in [0.5, 0.6) is 0 Å². The van der Waals surface area contributed by atoms with Crippen LogP contribution in [0.25, 0.3) is 22.3 Å². The molecule has 4 heterocycles. The minimum Gasteiger partial charge on any atom is -0.346 e. The third-order valence-electron chi connectivity index (χ3n) is 4.25. The van der Waals surface area contributed by atoms with E-state index in [0.717, 1.165) is 4.68 Å². The van der Waals surface area contributed by atoms with Gasteiger partial charge in [-0.05, 0) is 13.0 Å².